The number of sulfonamides is 1. The molecule has 21 heavy (non-hydrogen) atoms. The second kappa shape index (κ2) is 7.87. The predicted octanol–water partition coefficient (Wildman–Crippen LogP) is 2.90. The summed E-state index contributed by atoms with van der Waals surface area (Å²) in [6, 6.07) is 3.59. The van der Waals surface area contributed by atoms with Crippen molar-refractivity contribution in [3.63, 3.8) is 0 Å². The van der Waals surface area contributed by atoms with Crippen molar-refractivity contribution >= 4 is 38.4 Å². The first-order valence-corrected chi connectivity index (χ1v) is 8.87. The van der Waals surface area contributed by atoms with Crippen LogP contribution in [-0.2, 0) is 10.0 Å². The first-order chi connectivity index (χ1) is 9.46. The number of benzene rings is 1. The van der Waals surface area contributed by atoms with Crippen LogP contribution in [0.4, 0.5) is 4.39 Å². The summed E-state index contributed by atoms with van der Waals surface area (Å²) in [5.41, 5.74) is 5.57. The van der Waals surface area contributed by atoms with Crippen LogP contribution in [-0.4, -0.2) is 31.9 Å². The molecule has 0 bridgehead atoms. The highest BCUT2D eigenvalue weighted by molar-refractivity contribution is 9.10. The summed E-state index contributed by atoms with van der Waals surface area (Å²) in [4.78, 5) is 0.114. The van der Waals surface area contributed by atoms with E-state index in [0.29, 0.717) is 19.5 Å². The van der Waals surface area contributed by atoms with Gasteiger partial charge >= 0.3 is 0 Å². The van der Waals surface area contributed by atoms with Gasteiger partial charge in [-0.1, -0.05) is 6.42 Å². The third-order valence-electron chi connectivity index (χ3n) is 3.55. The topological polar surface area (TPSA) is 63.4 Å². The number of nitrogens with two attached hydrogens (primary N) is 1. The minimum Gasteiger partial charge on any atom is -0.330 e. The van der Waals surface area contributed by atoms with E-state index in [0.717, 1.165) is 19.3 Å². The maximum absolute atomic E-state index is 13.1. The molecule has 0 aliphatic carbocycles. The predicted molar refractivity (Wildman–Crippen MR) is 86.6 cm³/mol. The number of hydrogen-bond donors (Lipinski definition) is 1. The van der Waals surface area contributed by atoms with Gasteiger partial charge in [0, 0.05) is 17.1 Å². The Balaban J connectivity index is 0.00000220. The molecule has 1 aliphatic heterocycles. The molecular formula is C13H19BrClFN2O2S. The fourth-order valence-corrected chi connectivity index (χ4v) is 5.32. The van der Waals surface area contributed by atoms with Crippen molar-refractivity contribution in [2.45, 2.75) is 36.6 Å². The van der Waals surface area contributed by atoms with E-state index < -0.39 is 15.8 Å². The molecule has 0 saturated carbocycles. The van der Waals surface area contributed by atoms with Crippen LogP contribution in [0, 0.1) is 5.82 Å². The molecule has 120 valence electrons. The molecule has 1 aromatic rings. The Morgan fingerprint density at radius 3 is 2.71 bits per heavy atom. The summed E-state index contributed by atoms with van der Waals surface area (Å²) in [5, 5.41) is 0. The Hall–Kier alpha value is -0.210. The summed E-state index contributed by atoms with van der Waals surface area (Å²) in [6.07, 6.45) is 3.34. The molecule has 8 heteroatoms. The van der Waals surface area contributed by atoms with Crippen molar-refractivity contribution in [1.29, 1.82) is 0 Å². The standard InChI is InChI=1S/C13H18BrFN2O2S.ClH/c14-12-9-10(15)4-5-13(12)20(18,19)17-8-2-1-3-11(17)6-7-16;/h4-5,9,11H,1-3,6-8,16H2;1H. The highest BCUT2D eigenvalue weighted by Crippen LogP contribution is 2.31. The van der Waals surface area contributed by atoms with Gasteiger partial charge < -0.3 is 5.73 Å². The van der Waals surface area contributed by atoms with Crippen LogP contribution >= 0.6 is 28.3 Å². The van der Waals surface area contributed by atoms with Crippen LogP contribution in [0.3, 0.4) is 0 Å². The minimum atomic E-state index is -3.62. The molecule has 4 nitrogen and oxygen atoms in total. The number of nitrogens with zero attached hydrogens (tertiary/aromatic N) is 1. The van der Waals surface area contributed by atoms with Crippen molar-refractivity contribution in [2.24, 2.45) is 5.73 Å². The maximum Gasteiger partial charge on any atom is 0.244 e. The second-order valence-corrected chi connectivity index (χ2v) is 7.63. The van der Waals surface area contributed by atoms with Crippen LogP contribution in [0.1, 0.15) is 25.7 Å². The van der Waals surface area contributed by atoms with Gasteiger partial charge in [0.25, 0.3) is 0 Å². The van der Waals surface area contributed by atoms with Gasteiger partial charge in [-0.2, -0.15) is 4.31 Å². The zero-order chi connectivity index (χ0) is 14.8. The zero-order valence-electron chi connectivity index (χ0n) is 11.5. The zero-order valence-corrected chi connectivity index (χ0v) is 14.7. The monoisotopic (exact) mass is 400 g/mol. The Morgan fingerprint density at radius 2 is 2.10 bits per heavy atom. The van der Waals surface area contributed by atoms with E-state index in [1.54, 1.807) is 0 Å². The van der Waals surface area contributed by atoms with E-state index in [1.165, 1.54) is 22.5 Å². The number of hydrogen-bond acceptors (Lipinski definition) is 3. The van der Waals surface area contributed by atoms with E-state index in [9.17, 15) is 12.8 Å². The fourth-order valence-electron chi connectivity index (χ4n) is 2.58. The molecule has 1 aliphatic rings. The van der Waals surface area contributed by atoms with Crippen LogP contribution in [0.25, 0.3) is 0 Å². The lowest BCUT2D eigenvalue weighted by molar-refractivity contribution is 0.243. The Kier molecular flexibility index (Phi) is 7.06. The molecule has 1 saturated heterocycles. The van der Waals surface area contributed by atoms with Gasteiger partial charge in [-0.3, -0.25) is 0 Å². The van der Waals surface area contributed by atoms with Gasteiger partial charge in [0.2, 0.25) is 10.0 Å². The maximum atomic E-state index is 13.1. The van der Waals surface area contributed by atoms with E-state index in [4.69, 9.17) is 5.73 Å². The molecule has 1 fully saturated rings. The van der Waals surface area contributed by atoms with Crippen LogP contribution in [0.5, 0.6) is 0 Å². The summed E-state index contributed by atoms with van der Waals surface area (Å²) < 4.78 is 40.4. The molecule has 0 aromatic heterocycles. The summed E-state index contributed by atoms with van der Waals surface area (Å²) in [5.74, 6) is -0.465. The quantitative estimate of drug-likeness (QED) is 0.844. The molecule has 1 atom stereocenters. The molecule has 1 unspecified atom stereocenters. The van der Waals surface area contributed by atoms with Crippen LogP contribution in [0.2, 0.25) is 0 Å². The highest BCUT2D eigenvalue weighted by atomic mass is 79.9. The van der Waals surface area contributed by atoms with Gasteiger partial charge in [0.15, 0.2) is 0 Å². The van der Waals surface area contributed by atoms with Crippen LogP contribution < -0.4 is 5.73 Å². The van der Waals surface area contributed by atoms with Crippen molar-refractivity contribution < 1.29 is 12.8 Å². The normalized spacial score (nSPS) is 20.0. The lowest BCUT2D eigenvalue weighted by atomic mass is 10.0. The molecule has 2 rings (SSSR count). The fraction of sp³-hybridized carbons (Fsp3) is 0.538. The van der Waals surface area contributed by atoms with Crippen molar-refractivity contribution in [2.75, 3.05) is 13.1 Å². The Labute approximate surface area is 139 Å². The van der Waals surface area contributed by atoms with Gasteiger partial charge in [0.1, 0.15) is 5.82 Å². The van der Waals surface area contributed by atoms with Crippen molar-refractivity contribution in [1.82, 2.24) is 4.31 Å². The summed E-state index contributed by atoms with van der Waals surface area (Å²) in [6.45, 7) is 0.956. The van der Waals surface area contributed by atoms with E-state index >= 15 is 0 Å². The molecule has 1 heterocycles. The third-order valence-corrected chi connectivity index (χ3v) is 6.48. The average molecular weight is 402 g/mol. The molecule has 0 spiro atoms. The van der Waals surface area contributed by atoms with Gasteiger partial charge in [-0.25, -0.2) is 12.8 Å². The summed E-state index contributed by atoms with van der Waals surface area (Å²) in [7, 11) is -3.62. The number of rotatable bonds is 4. The molecular weight excluding hydrogens is 383 g/mol. The highest BCUT2D eigenvalue weighted by Gasteiger charge is 2.34. The molecule has 0 amide bonds. The summed E-state index contributed by atoms with van der Waals surface area (Å²) >= 11 is 3.14. The molecule has 0 radical (unpaired) electrons. The third kappa shape index (κ3) is 4.16. The number of halogens is 3. The number of piperidine rings is 1. The van der Waals surface area contributed by atoms with Gasteiger partial charge in [-0.05, 0) is 59.9 Å². The van der Waals surface area contributed by atoms with E-state index in [-0.39, 0.29) is 27.8 Å². The van der Waals surface area contributed by atoms with E-state index in [2.05, 4.69) is 15.9 Å². The first-order valence-electron chi connectivity index (χ1n) is 6.64. The second-order valence-electron chi connectivity index (χ2n) is 4.92. The average Bonchev–Trinajstić information content (AvgIpc) is 2.39. The lowest BCUT2D eigenvalue weighted by Crippen LogP contribution is -2.44. The van der Waals surface area contributed by atoms with E-state index in [1.807, 2.05) is 0 Å². The Morgan fingerprint density at radius 1 is 1.38 bits per heavy atom. The first kappa shape index (κ1) is 18.8. The largest absolute Gasteiger partial charge is 0.330 e. The van der Waals surface area contributed by atoms with Gasteiger partial charge in [-0.15, -0.1) is 12.4 Å². The SMILES string of the molecule is Cl.NCCC1CCCCN1S(=O)(=O)c1ccc(F)cc1Br. The molecule has 2 N–H and O–H groups in total. The molecule has 1 aromatic carbocycles. The van der Waals surface area contributed by atoms with Crippen molar-refractivity contribution in [3.8, 4) is 0 Å². The lowest BCUT2D eigenvalue weighted by Gasteiger charge is -2.34. The van der Waals surface area contributed by atoms with Crippen molar-refractivity contribution in [3.05, 3.63) is 28.5 Å². The van der Waals surface area contributed by atoms with Gasteiger partial charge in [0.05, 0.1) is 4.90 Å². The van der Waals surface area contributed by atoms with Crippen LogP contribution in [0.15, 0.2) is 27.6 Å². The minimum absolute atomic E-state index is 0. The smallest absolute Gasteiger partial charge is 0.244 e. The Bertz CT molecular complexity index is 584.